The van der Waals surface area contributed by atoms with Crippen molar-refractivity contribution in [1.82, 2.24) is 4.90 Å². The fourth-order valence-electron chi connectivity index (χ4n) is 3.57. The molecule has 1 aromatic rings. The molecule has 0 unspecified atom stereocenters. The van der Waals surface area contributed by atoms with Crippen molar-refractivity contribution >= 4 is 22.9 Å². The summed E-state index contributed by atoms with van der Waals surface area (Å²) in [7, 11) is 0. The lowest BCUT2D eigenvalue weighted by atomic mass is 9.77. The van der Waals surface area contributed by atoms with Crippen molar-refractivity contribution in [3.63, 3.8) is 0 Å². The van der Waals surface area contributed by atoms with E-state index in [9.17, 15) is 4.79 Å². The van der Waals surface area contributed by atoms with Crippen LogP contribution in [-0.2, 0) is 0 Å². The van der Waals surface area contributed by atoms with Crippen LogP contribution in [0.25, 0.3) is 0 Å². The van der Waals surface area contributed by atoms with Crippen LogP contribution in [0.15, 0.2) is 6.07 Å². The van der Waals surface area contributed by atoms with E-state index < -0.39 is 0 Å². The van der Waals surface area contributed by atoms with Gasteiger partial charge >= 0.3 is 0 Å². The third-order valence-corrected chi connectivity index (χ3v) is 6.00. The first-order chi connectivity index (χ1) is 9.10. The van der Waals surface area contributed by atoms with Crippen LogP contribution in [0.3, 0.4) is 0 Å². The number of carbonyl (C=O) groups excluding carboxylic acids is 1. The molecule has 19 heavy (non-hydrogen) atoms. The van der Waals surface area contributed by atoms with E-state index in [1.54, 1.807) is 0 Å². The van der Waals surface area contributed by atoms with Gasteiger partial charge in [-0.3, -0.25) is 4.79 Å². The minimum absolute atomic E-state index is 0.178. The van der Waals surface area contributed by atoms with Gasteiger partial charge in [0, 0.05) is 23.7 Å². The first-order valence-corrected chi connectivity index (χ1v) is 8.07. The number of thiophene rings is 1. The zero-order valence-corrected chi connectivity index (χ0v) is 12.4. The maximum absolute atomic E-state index is 12.4. The molecule has 0 aromatic carbocycles. The first-order valence-electron chi connectivity index (χ1n) is 7.25. The maximum Gasteiger partial charge on any atom is 0.264 e. The summed E-state index contributed by atoms with van der Waals surface area (Å²) >= 11 is 1.52. The van der Waals surface area contributed by atoms with Crippen molar-refractivity contribution in [2.45, 2.75) is 45.4 Å². The highest BCUT2D eigenvalue weighted by Crippen LogP contribution is 2.46. The van der Waals surface area contributed by atoms with Crippen LogP contribution >= 0.6 is 11.3 Å². The molecule has 2 fully saturated rings. The molecule has 2 aliphatic rings. The fraction of sp³-hybridized carbons (Fsp3) is 0.667. The Morgan fingerprint density at radius 2 is 1.89 bits per heavy atom. The van der Waals surface area contributed by atoms with Crippen LogP contribution in [0.4, 0.5) is 5.69 Å². The minimum Gasteiger partial charge on any atom is -0.398 e. The van der Waals surface area contributed by atoms with Gasteiger partial charge in [-0.1, -0.05) is 12.8 Å². The number of carbonyl (C=O) groups is 1. The number of nitrogen functional groups attached to an aromatic ring is 1. The molecule has 0 bridgehead atoms. The summed E-state index contributed by atoms with van der Waals surface area (Å²) in [6, 6.07) is 1.84. The molecule has 1 aliphatic carbocycles. The van der Waals surface area contributed by atoms with Gasteiger partial charge in [-0.15, -0.1) is 11.3 Å². The van der Waals surface area contributed by atoms with Crippen molar-refractivity contribution in [2.24, 2.45) is 5.41 Å². The van der Waals surface area contributed by atoms with Crippen LogP contribution in [-0.4, -0.2) is 23.9 Å². The zero-order chi connectivity index (χ0) is 13.5. The Kier molecular flexibility index (Phi) is 3.29. The number of nitrogens with two attached hydrogens (primary N) is 1. The number of anilines is 1. The number of aryl methyl sites for hydroxylation is 1. The predicted molar refractivity (Wildman–Crippen MR) is 79.5 cm³/mol. The van der Waals surface area contributed by atoms with E-state index in [0.29, 0.717) is 5.41 Å². The molecule has 1 amide bonds. The van der Waals surface area contributed by atoms with Gasteiger partial charge < -0.3 is 10.6 Å². The lowest BCUT2D eigenvalue weighted by Gasteiger charge is -2.39. The molecular weight excluding hydrogens is 256 g/mol. The van der Waals surface area contributed by atoms with Crippen molar-refractivity contribution in [3.8, 4) is 0 Å². The number of hydrogen-bond donors (Lipinski definition) is 1. The second kappa shape index (κ2) is 4.82. The Morgan fingerprint density at radius 1 is 1.26 bits per heavy atom. The highest BCUT2D eigenvalue weighted by molar-refractivity contribution is 7.14. The highest BCUT2D eigenvalue weighted by Gasteiger charge is 2.38. The minimum atomic E-state index is 0.178. The summed E-state index contributed by atoms with van der Waals surface area (Å²) in [6.07, 6.45) is 7.90. The Bertz CT molecular complexity index is 459. The summed E-state index contributed by atoms with van der Waals surface area (Å²) < 4.78 is 0. The molecule has 1 aliphatic heterocycles. The largest absolute Gasteiger partial charge is 0.398 e. The van der Waals surface area contributed by atoms with Gasteiger partial charge in [0.1, 0.15) is 0 Å². The quantitative estimate of drug-likeness (QED) is 0.855. The zero-order valence-electron chi connectivity index (χ0n) is 11.6. The van der Waals surface area contributed by atoms with Gasteiger partial charge in [-0.25, -0.2) is 0 Å². The van der Waals surface area contributed by atoms with Gasteiger partial charge in [0.15, 0.2) is 0 Å². The highest BCUT2D eigenvalue weighted by atomic mass is 32.1. The number of piperidine rings is 1. The topological polar surface area (TPSA) is 46.3 Å². The average molecular weight is 278 g/mol. The molecule has 1 saturated heterocycles. The summed E-state index contributed by atoms with van der Waals surface area (Å²) in [5, 5.41) is 0. The SMILES string of the molecule is Cc1sc(C(=O)N2CCC3(CCCC3)CC2)cc1N. The molecule has 104 valence electrons. The maximum atomic E-state index is 12.4. The van der Waals surface area contributed by atoms with E-state index in [1.807, 2.05) is 17.9 Å². The van der Waals surface area contributed by atoms with E-state index in [4.69, 9.17) is 5.73 Å². The average Bonchev–Trinajstić information content (AvgIpc) is 2.98. The van der Waals surface area contributed by atoms with Gasteiger partial charge in [0.25, 0.3) is 5.91 Å². The second-order valence-electron chi connectivity index (χ2n) is 6.12. The van der Waals surface area contributed by atoms with Gasteiger partial charge in [0.2, 0.25) is 0 Å². The first kappa shape index (κ1) is 13.0. The number of hydrogen-bond acceptors (Lipinski definition) is 3. The van der Waals surface area contributed by atoms with E-state index in [1.165, 1.54) is 49.9 Å². The summed E-state index contributed by atoms with van der Waals surface area (Å²) in [5.74, 6) is 0.178. The molecule has 2 heterocycles. The smallest absolute Gasteiger partial charge is 0.264 e. The van der Waals surface area contributed by atoms with Crippen LogP contribution < -0.4 is 5.73 Å². The number of likely N-dealkylation sites (tertiary alicyclic amines) is 1. The van der Waals surface area contributed by atoms with Crippen LogP contribution in [0, 0.1) is 12.3 Å². The van der Waals surface area contributed by atoms with Crippen molar-refractivity contribution in [3.05, 3.63) is 15.8 Å². The number of nitrogens with zero attached hydrogens (tertiary/aromatic N) is 1. The molecule has 1 saturated carbocycles. The van der Waals surface area contributed by atoms with Gasteiger partial charge in [-0.2, -0.15) is 0 Å². The molecule has 2 N–H and O–H groups in total. The third-order valence-electron chi connectivity index (χ3n) is 4.94. The monoisotopic (exact) mass is 278 g/mol. The molecule has 1 aromatic heterocycles. The number of amides is 1. The normalized spacial score (nSPS) is 22.1. The van der Waals surface area contributed by atoms with Gasteiger partial charge in [0.05, 0.1) is 4.88 Å². The predicted octanol–water partition coefficient (Wildman–Crippen LogP) is 3.44. The van der Waals surface area contributed by atoms with E-state index >= 15 is 0 Å². The Balaban J connectivity index is 1.66. The molecular formula is C15H22N2OS. The molecule has 1 spiro atoms. The van der Waals surface area contributed by atoms with Crippen molar-refractivity contribution < 1.29 is 4.79 Å². The molecule has 4 heteroatoms. The van der Waals surface area contributed by atoms with E-state index in [2.05, 4.69) is 0 Å². The van der Waals surface area contributed by atoms with Crippen LogP contribution in [0.5, 0.6) is 0 Å². The standard InChI is InChI=1S/C15H22N2OS/c1-11-12(16)10-13(19-11)14(18)17-8-6-15(7-9-17)4-2-3-5-15/h10H,2-9,16H2,1H3. The number of rotatable bonds is 1. The summed E-state index contributed by atoms with van der Waals surface area (Å²) in [6.45, 7) is 3.83. The Morgan fingerprint density at radius 3 is 2.42 bits per heavy atom. The lowest BCUT2D eigenvalue weighted by molar-refractivity contribution is 0.0592. The summed E-state index contributed by atoms with van der Waals surface area (Å²) in [5.41, 5.74) is 7.16. The van der Waals surface area contributed by atoms with Crippen LogP contribution in [0.1, 0.15) is 53.1 Å². The van der Waals surface area contributed by atoms with E-state index in [0.717, 1.165) is 28.5 Å². The van der Waals surface area contributed by atoms with Gasteiger partial charge in [-0.05, 0) is 44.1 Å². The molecule has 3 nitrogen and oxygen atoms in total. The Labute approximate surface area is 118 Å². The van der Waals surface area contributed by atoms with Crippen LogP contribution in [0.2, 0.25) is 0 Å². The fourth-order valence-corrected chi connectivity index (χ4v) is 4.48. The second-order valence-corrected chi connectivity index (χ2v) is 7.38. The van der Waals surface area contributed by atoms with E-state index in [-0.39, 0.29) is 5.91 Å². The lowest BCUT2D eigenvalue weighted by Crippen LogP contribution is -2.42. The molecule has 0 atom stereocenters. The molecule has 0 radical (unpaired) electrons. The third kappa shape index (κ3) is 2.38. The molecule has 3 rings (SSSR count). The van der Waals surface area contributed by atoms with Crippen molar-refractivity contribution in [2.75, 3.05) is 18.8 Å². The Hall–Kier alpha value is -1.03. The van der Waals surface area contributed by atoms with Crippen molar-refractivity contribution in [1.29, 1.82) is 0 Å². The summed E-state index contributed by atoms with van der Waals surface area (Å²) in [4.78, 5) is 16.3.